The molecule has 0 aliphatic heterocycles. The minimum absolute atomic E-state index is 0.140. The van der Waals surface area contributed by atoms with Gasteiger partial charge in [-0.2, -0.15) is 0 Å². The molecule has 25 heavy (non-hydrogen) atoms. The van der Waals surface area contributed by atoms with E-state index in [1.165, 1.54) is 24.1 Å². The van der Waals surface area contributed by atoms with Crippen LogP contribution in [-0.4, -0.2) is 16.0 Å². The highest BCUT2D eigenvalue weighted by atomic mass is 16.5. The van der Waals surface area contributed by atoms with Gasteiger partial charge >= 0.3 is 0 Å². The zero-order chi connectivity index (χ0) is 17.6. The van der Waals surface area contributed by atoms with Gasteiger partial charge in [-0.25, -0.2) is 0 Å². The molecular weight excluding hydrogens is 314 g/mol. The predicted molar refractivity (Wildman–Crippen MR) is 98.1 cm³/mol. The maximum Gasteiger partial charge on any atom is 0.256 e. The van der Waals surface area contributed by atoms with Crippen molar-refractivity contribution in [2.75, 3.05) is 5.32 Å². The molecule has 0 atom stereocenters. The van der Waals surface area contributed by atoms with Gasteiger partial charge in [-0.05, 0) is 49.4 Å². The number of nitrogens with zero attached hydrogens (tertiary/aromatic N) is 1. The smallest absolute Gasteiger partial charge is 0.256 e. The van der Waals surface area contributed by atoms with Crippen LogP contribution in [0.15, 0.2) is 28.8 Å². The van der Waals surface area contributed by atoms with Crippen LogP contribution in [-0.2, 0) is 18.3 Å². The van der Waals surface area contributed by atoms with Crippen LogP contribution in [0.4, 0.5) is 5.82 Å². The van der Waals surface area contributed by atoms with E-state index in [-0.39, 0.29) is 11.3 Å². The van der Waals surface area contributed by atoms with Crippen molar-refractivity contribution in [3.05, 3.63) is 46.8 Å². The fraction of sp³-hybridized carbons (Fsp3) is 0.400. The van der Waals surface area contributed by atoms with Gasteiger partial charge in [-0.15, -0.1) is 0 Å². The normalized spacial score (nSPS) is 14.5. The van der Waals surface area contributed by atoms with Crippen molar-refractivity contribution < 1.29 is 9.32 Å². The number of rotatable bonds is 2. The molecule has 2 heterocycles. The molecule has 1 aromatic carbocycles. The van der Waals surface area contributed by atoms with Crippen molar-refractivity contribution in [1.29, 1.82) is 0 Å². The third kappa shape index (κ3) is 2.95. The Kier molecular flexibility index (Phi) is 3.67. The minimum Gasteiger partial charge on any atom is -0.359 e. The molecule has 2 N–H and O–H groups in total. The minimum atomic E-state index is -0.165. The number of benzene rings is 1. The van der Waals surface area contributed by atoms with Crippen molar-refractivity contribution in [3.63, 3.8) is 0 Å². The fourth-order valence-corrected chi connectivity index (χ4v) is 3.42. The summed E-state index contributed by atoms with van der Waals surface area (Å²) in [6, 6.07) is 7.61. The summed E-state index contributed by atoms with van der Waals surface area (Å²) in [4.78, 5) is 16.1. The van der Waals surface area contributed by atoms with E-state index >= 15 is 0 Å². The average molecular weight is 337 g/mol. The summed E-state index contributed by atoms with van der Waals surface area (Å²) in [6.07, 6.45) is 4.62. The van der Waals surface area contributed by atoms with Crippen LogP contribution in [0.2, 0.25) is 0 Å². The first-order valence-corrected chi connectivity index (χ1v) is 8.84. The number of anilines is 1. The highest BCUT2D eigenvalue weighted by molar-refractivity contribution is 6.06. The van der Waals surface area contributed by atoms with Gasteiger partial charge in [0.2, 0.25) is 0 Å². The number of fused-ring (bicyclic) bond motifs is 3. The van der Waals surface area contributed by atoms with E-state index in [4.69, 9.17) is 4.52 Å². The highest BCUT2D eigenvalue weighted by Gasteiger charge is 2.21. The van der Waals surface area contributed by atoms with Crippen LogP contribution in [0.1, 0.15) is 61.0 Å². The second-order valence-corrected chi connectivity index (χ2v) is 7.83. The van der Waals surface area contributed by atoms with Gasteiger partial charge in [0.05, 0.1) is 0 Å². The van der Waals surface area contributed by atoms with Crippen LogP contribution < -0.4 is 5.32 Å². The SMILES string of the molecule is CC(C)(C)c1cc(NC(=O)c2ccc3[nH]c4c(c3c2)CCCC4)no1. The number of carbonyl (C=O) groups excluding carboxylic acids is 1. The zero-order valence-corrected chi connectivity index (χ0v) is 14.9. The maximum absolute atomic E-state index is 12.6. The average Bonchev–Trinajstić information content (AvgIpc) is 3.18. The largest absolute Gasteiger partial charge is 0.359 e. The monoisotopic (exact) mass is 337 g/mol. The number of nitrogens with one attached hydrogen (secondary N) is 2. The summed E-state index contributed by atoms with van der Waals surface area (Å²) in [5.74, 6) is 1.03. The molecule has 130 valence electrons. The summed E-state index contributed by atoms with van der Waals surface area (Å²) in [5, 5.41) is 7.96. The van der Waals surface area contributed by atoms with E-state index < -0.39 is 0 Å². The van der Waals surface area contributed by atoms with E-state index in [2.05, 4.69) is 15.5 Å². The molecule has 0 fully saturated rings. The van der Waals surface area contributed by atoms with Gasteiger partial charge in [-0.3, -0.25) is 4.79 Å². The number of hydrogen-bond donors (Lipinski definition) is 2. The molecule has 2 aromatic heterocycles. The Hall–Kier alpha value is -2.56. The summed E-state index contributed by atoms with van der Waals surface area (Å²) in [6.45, 7) is 6.13. The lowest BCUT2D eigenvalue weighted by Gasteiger charge is -2.12. The second-order valence-electron chi connectivity index (χ2n) is 7.83. The molecule has 0 unspecified atom stereocenters. The lowest BCUT2D eigenvalue weighted by atomic mass is 9.93. The number of carbonyl (C=O) groups is 1. The number of aromatic nitrogens is 2. The second kappa shape index (κ2) is 5.76. The van der Waals surface area contributed by atoms with Gasteiger partial charge < -0.3 is 14.8 Å². The Balaban J connectivity index is 1.60. The Morgan fingerprint density at radius 1 is 1.20 bits per heavy atom. The van der Waals surface area contributed by atoms with Gasteiger partial charge in [-0.1, -0.05) is 25.9 Å². The lowest BCUT2D eigenvalue weighted by molar-refractivity contribution is 0.102. The van der Waals surface area contributed by atoms with E-state index in [9.17, 15) is 4.79 Å². The zero-order valence-electron chi connectivity index (χ0n) is 14.9. The Morgan fingerprint density at radius 3 is 2.76 bits per heavy atom. The summed E-state index contributed by atoms with van der Waals surface area (Å²) in [5.41, 5.74) is 4.30. The Morgan fingerprint density at radius 2 is 2.00 bits per heavy atom. The number of hydrogen-bond acceptors (Lipinski definition) is 3. The first-order valence-electron chi connectivity index (χ1n) is 8.84. The van der Waals surface area contributed by atoms with Crippen molar-refractivity contribution in [1.82, 2.24) is 10.1 Å². The number of aryl methyl sites for hydroxylation is 2. The highest BCUT2D eigenvalue weighted by Crippen LogP contribution is 2.30. The molecule has 1 aliphatic carbocycles. The molecule has 0 saturated heterocycles. The van der Waals surface area contributed by atoms with Crippen LogP contribution in [0.3, 0.4) is 0 Å². The predicted octanol–water partition coefficient (Wildman–Crippen LogP) is 4.58. The molecule has 1 aliphatic rings. The first kappa shape index (κ1) is 15.9. The standard InChI is InChI=1S/C20H23N3O2/c1-20(2,3)17-11-18(23-25-17)22-19(24)12-8-9-16-14(10-12)13-6-4-5-7-15(13)21-16/h8-11,21H,4-7H2,1-3H3,(H,22,23,24). The van der Waals surface area contributed by atoms with Crippen molar-refractivity contribution >= 4 is 22.6 Å². The quantitative estimate of drug-likeness (QED) is 0.719. The van der Waals surface area contributed by atoms with Gasteiger partial charge in [0.15, 0.2) is 5.82 Å². The van der Waals surface area contributed by atoms with Crippen LogP contribution >= 0.6 is 0 Å². The maximum atomic E-state index is 12.6. The van der Waals surface area contributed by atoms with Gasteiger partial charge in [0, 0.05) is 33.6 Å². The number of H-pyrrole nitrogens is 1. The topological polar surface area (TPSA) is 70.9 Å². The molecule has 1 amide bonds. The lowest BCUT2D eigenvalue weighted by Crippen LogP contribution is -2.12. The van der Waals surface area contributed by atoms with Crippen molar-refractivity contribution in [2.24, 2.45) is 0 Å². The summed E-state index contributed by atoms with van der Waals surface area (Å²) >= 11 is 0. The van der Waals surface area contributed by atoms with Gasteiger partial charge in [0.25, 0.3) is 5.91 Å². The van der Waals surface area contributed by atoms with Crippen molar-refractivity contribution in [3.8, 4) is 0 Å². The van der Waals surface area contributed by atoms with Crippen LogP contribution in [0.5, 0.6) is 0 Å². The summed E-state index contributed by atoms with van der Waals surface area (Å²) in [7, 11) is 0. The first-order chi connectivity index (χ1) is 11.9. The molecule has 0 radical (unpaired) electrons. The summed E-state index contributed by atoms with van der Waals surface area (Å²) < 4.78 is 5.33. The Bertz CT molecular complexity index is 944. The molecule has 0 spiro atoms. The fourth-order valence-electron chi connectivity index (χ4n) is 3.42. The van der Waals surface area contributed by atoms with E-state index in [0.717, 1.165) is 29.5 Å². The molecule has 0 saturated carbocycles. The van der Waals surface area contributed by atoms with Crippen LogP contribution in [0.25, 0.3) is 10.9 Å². The van der Waals surface area contributed by atoms with E-state index in [1.54, 1.807) is 6.07 Å². The molecule has 4 rings (SSSR count). The third-order valence-electron chi connectivity index (χ3n) is 4.85. The van der Waals surface area contributed by atoms with Crippen LogP contribution in [0, 0.1) is 0 Å². The molecule has 0 bridgehead atoms. The number of aromatic amines is 1. The number of amides is 1. The molecule has 3 aromatic rings. The molecule has 5 nitrogen and oxygen atoms in total. The molecular formula is C20H23N3O2. The third-order valence-corrected chi connectivity index (χ3v) is 4.85. The Labute approximate surface area is 146 Å². The van der Waals surface area contributed by atoms with Crippen molar-refractivity contribution in [2.45, 2.75) is 51.9 Å². The van der Waals surface area contributed by atoms with E-state index in [1.807, 2.05) is 39.0 Å². The van der Waals surface area contributed by atoms with Gasteiger partial charge in [0.1, 0.15) is 5.76 Å². The van der Waals surface area contributed by atoms with E-state index in [0.29, 0.717) is 11.4 Å². The molecule has 5 heteroatoms.